The van der Waals surface area contributed by atoms with Gasteiger partial charge < -0.3 is 46.5 Å². The molecular formula is C2H6Cl2N4O2Pd-2. The van der Waals surface area contributed by atoms with E-state index in [1.807, 2.05) is 0 Å². The van der Waals surface area contributed by atoms with Gasteiger partial charge in [-0.25, -0.2) is 0 Å². The molecule has 0 aliphatic carbocycles. The second-order valence-electron chi connectivity index (χ2n) is 0.729. The first-order chi connectivity index (χ1) is 3.46. The third-order valence-corrected chi connectivity index (χ3v) is 0. The zero-order chi connectivity index (χ0) is 7.15. The van der Waals surface area contributed by atoms with E-state index in [-0.39, 0.29) is 45.2 Å². The molecule has 0 aliphatic rings. The zero-order valence-electron chi connectivity index (χ0n) is 5.04. The van der Waals surface area contributed by atoms with E-state index in [1.54, 1.807) is 0 Å². The molecule has 0 saturated heterocycles. The molecule has 0 aliphatic heterocycles. The van der Waals surface area contributed by atoms with Crippen molar-refractivity contribution in [1.29, 1.82) is 10.8 Å². The van der Waals surface area contributed by atoms with Crippen molar-refractivity contribution in [1.82, 2.24) is 0 Å². The standard InChI is InChI=1S/2CH4N2O.2ClH.Pd/c2*2-1(3)4;;;/h2*(H4,2,3,4);2*1H;/q;;;;+2/p-4. The molecule has 0 amide bonds. The third kappa shape index (κ3) is 12500. The number of amidine groups is 2. The predicted octanol–water partition coefficient (Wildman–Crippen LogP) is -9.51. The molecule has 9 heteroatoms. The Morgan fingerprint density at radius 1 is 0.909 bits per heavy atom. The summed E-state index contributed by atoms with van der Waals surface area (Å²) in [6.45, 7) is 0. The minimum absolute atomic E-state index is 0. The smallest absolute Gasteiger partial charge is 1.00 e. The summed E-state index contributed by atoms with van der Waals surface area (Å²) < 4.78 is 0. The maximum Gasteiger partial charge on any atom is 2.00 e. The van der Waals surface area contributed by atoms with Crippen molar-refractivity contribution in [3.05, 3.63) is 0 Å². The van der Waals surface area contributed by atoms with Crippen LogP contribution in [0.5, 0.6) is 0 Å². The first-order valence-electron chi connectivity index (χ1n) is 1.49. The van der Waals surface area contributed by atoms with E-state index in [9.17, 15) is 0 Å². The monoisotopic (exact) mass is 294 g/mol. The van der Waals surface area contributed by atoms with Crippen molar-refractivity contribution in [3.63, 3.8) is 0 Å². The molecule has 0 saturated carbocycles. The number of rotatable bonds is 0. The van der Waals surface area contributed by atoms with Crippen molar-refractivity contribution in [3.8, 4) is 0 Å². The Balaban J connectivity index is -0.0000000171. The van der Waals surface area contributed by atoms with Crippen LogP contribution in [0.15, 0.2) is 0 Å². The van der Waals surface area contributed by atoms with Gasteiger partial charge in [0, 0.05) is 12.0 Å². The molecule has 0 heterocycles. The van der Waals surface area contributed by atoms with E-state index in [1.165, 1.54) is 0 Å². The van der Waals surface area contributed by atoms with E-state index in [0.29, 0.717) is 0 Å². The van der Waals surface area contributed by atoms with Gasteiger partial charge in [-0.1, -0.05) is 0 Å². The number of nitrogens with two attached hydrogens (primary N) is 2. The minimum Gasteiger partial charge on any atom is -1.00 e. The molecule has 11 heavy (non-hydrogen) atoms. The van der Waals surface area contributed by atoms with Crippen molar-refractivity contribution >= 4 is 12.0 Å². The van der Waals surface area contributed by atoms with Crippen molar-refractivity contribution in [2.75, 3.05) is 0 Å². The summed E-state index contributed by atoms with van der Waals surface area (Å²) in [7, 11) is 0. The Bertz CT molecular complexity index is 82.1. The molecule has 0 aromatic rings. The summed E-state index contributed by atoms with van der Waals surface area (Å²) in [5.41, 5.74) is 8.28. The van der Waals surface area contributed by atoms with Crippen LogP contribution in [-0.2, 0) is 20.4 Å². The number of hydrogen-bond donors (Lipinski definition) is 4. The van der Waals surface area contributed by atoms with Crippen molar-refractivity contribution in [2.24, 2.45) is 11.5 Å². The van der Waals surface area contributed by atoms with Gasteiger partial charge >= 0.3 is 20.4 Å². The second-order valence-corrected chi connectivity index (χ2v) is 0.729. The summed E-state index contributed by atoms with van der Waals surface area (Å²) in [5.74, 6) is 0. The van der Waals surface area contributed by atoms with Crippen LogP contribution in [-0.4, -0.2) is 12.0 Å². The fourth-order valence-electron chi connectivity index (χ4n) is 0. The van der Waals surface area contributed by atoms with E-state index in [4.69, 9.17) is 21.0 Å². The molecule has 6 N–H and O–H groups in total. The molecule has 0 aromatic carbocycles. The van der Waals surface area contributed by atoms with E-state index >= 15 is 0 Å². The summed E-state index contributed by atoms with van der Waals surface area (Å²) in [6, 6.07) is -2.17. The molecule has 0 spiro atoms. The van der Waals surface area contributed by atoms with Gasteiger partial charge in [-0.05, 0) is 0 Å². The summed E-state index contributed by atoms with van der Waals surface area (Å²) >= 11 is 0. The largest absolute Gasteiger partial charge is 2.00 e. The van der Waals surface area contributed by atoms with Gasteiger partial charge in [-0.3, -0.25) is 10.8 Å². The van der Waals surface area contributed by atoms with Crippen molar-refractivity contribution < 1.29 is 55.4 Å². The van der Waals surface area contributed by atoms with Crippen LogP contribution in [0.2, 0.25) is 0 Å². The summed E-state index contributed by atoms with van der Waals surface area (Å²) in [6.07, 6.45) is 0. The Morgan fingerprint density at radius 3 is 0.909 bits per heavy atom. The Kier molecular flexibility index (Phi) is 63.3. The fraction of sp³-hybridized carbons (Fsp3) is 0. The third-order valence-electron chi connectivity index (χ3n) is 0. The van der Waals surface area contributed by atoms with Crippen molar-refractivity contribution in [2.45, 2.75) is 0 Å². The first-order valence-corrected chi connectivity index (χ1v) is 1.49. The molecule has 0 atom stereocenters. The molecule has 0 rings (SSSR count). The van der Waals surface area contributed by atoms with Crippen LogP contribution < -0.4 is 46.5 Å². The zero-order valence-corrected chi connectivity index (χ0v) is 8.11. The van der Waals surface area contributed by atoms with Gasteiger partial charge in [0.1, 0.15) is 0 Å². The van der Waals surface area contributed by atoms with Crippen LogP contribution >= 0.6 is 0 Å². The fourth-order valence-corrected chi connectivity index (χ4v) is 0. The Labute approximate surface area is 89.8 Å². The maximum atomic E-state index is 8.89. The van der Waals surface area contributed by atoms with Crippen LogP contribution in [0.4, 0.5) is 0 Å². The van der Waals surface area contributed by atoms with Crippen LogP contribution in [0.3, 0.4) is 0 Å². The van der Waals surface area contributed by atoms with Gasteiger partial charge in [0.2, 0.25) is 0 Å². The molecule has 0 aromatic heterocycles. The molecule has 0 fully saturated rings. The number of nitrogens with one attached hydrogen (secondary N) is 2. The number of halogens is 2. The average molecular weight is 295 g/mol. The summed E-state index contributed by atoms with van der Waals surface area (Å²) in [5, 5.41) is 29.2. The minimum atomic E-state index is -1.08. The van der Waals surface area contributed by atoms with Crippen LogP contribution in [0, 0.1) is 10.8 Å². The maximum absolute atomic E-state index is 8.89. The second kappa shape index (κ2) is 22.6. The van der Waals surface area contributed by atoms with Crippen LogP contribution in [0.1, 0.15) is 0 Å². The topological polar surface area (TPSA) is 146 Å². The molecule has 0 radical (unpaired) electrons. The first kappa shape index (κ1) is 30.9. The van der Waals surface area contributed by atoms with E-state index in [0.717, 1.165) is 0 Å². The summed E-state index contributed by atoms with van der Waals surface area (Å²) in [4.78, 5) is 0. The normalized spacial score (nSPS) is 4.36. The van der Waals surface area contributed by atoms with Gasteiger partial charge in [-0.2, -0.15) is 0 Å². The number of hydrogen-bond acceptors (Lipinski definition) is 4. The quantitative estimate of drug-likeness (QED) is 0.200. The Hall–Kier alpha value is -0.218. The van der Waals surface area contributed by atoms with Crippen LogP contribution in [0.25, 0.3) is 0 Å². The Morgan fingerprint density at radius 2 is 0.909 bits per heavy atom. The van der Waals surface area contributed by atoms with Gasteiger partial charge in [0.15, 0.2) is 0 Å². The van der Waals surface area contributed by atoms with E-state index in [2.05, 4.69) is 11.5 Å². The van der Waals surface area contributed by atoms with Gasteiger partial charge in [-0.15, -0.1) is 0 Å². The SMILES string of the molecule is N=C(N)[O-].N=C(N)[O-].[Cl-].[Cl-].[Pd+2]. The molecule has 0 unspecified atom stereocenters. The average Bonchev–Trinajstić information content (AvgIpc) is 1.25. The molecule has 6 nitrogen and oxygen atoms in total. The van der Waals surface area contributed by atoms with Gasteiger partial charge in [0.05, 0.1) is 0 Å². The van der Waals surface area contributed by atoms with Gasteiger partial charge in [0.25, 0.3) is 0 Å². The predicted molar refractivity (Wildman–Crippen MR) is 23.8 cm³/mol. The molecule has 72 valence electrons. The molecular weight excluding hydrogens is 289 g/mol. The molecule has 0 bridgehead atoms. The van der Waals surface area contributed by atoms with E-state index < -0.39 is 12.0 Å².